The zero-order valence-corrected chi connectivity index (χ0v) is 10.5. The zero-order chi connectivity index (χ0) is 11.4. The van der Waals surface area contributed by atoms with Crippen LogP contribution in [0.2, 0.25) is 0 Å². The maximum Gasteiger partial charge on any atom is 0.0374 e. The summed E-state index contributed by atoms with van der Waals surface area (Å²) in [7, 11) is 0. The summed E-state index contributed by atoms with van der Waals surface area (Å²) in [6, 6.07) is 9.47. The second-order valence-electron chi connectivity index (χ2n) is 4.90. The number of anilines is 1. The maximum atomic E-state index is 3.74. The van der Waals surface area contributed by atoms with Gasteiger partial charge in [-0.2, -0.15) is 0 Å². The zero-order valence-electron chi connectivity index (χ0n) is 10.5. The van der Waals surface area contributed by atoms with Crippen LogP contribution in [0.15, 0.2) is 24.3 Å². The van der Waals surface area contributed by atoms with Crippen molar-refractivity contribution in [1.29, 1.82) is 0 Å². The standard InChI is InChI=1S/C15H23N/c1-3-7-12-8-5-6-9-15(12)16-14(4-2)13-10-11-13/h5-6,8-9,13-14,16H,3-4,7,10-11H2,1-2H3. The van der Waals surface area contributed by atoms with Gasteiger partial charge in [0, 0.05) is 11.7 Å². The first-order valence-electron chi connectivity index (χ1n) is 6.69. The van der Waals surface area contributed by atoms with E-state index in [-0.39, 0.29) is 0 Å². The minimum atomic E-state index is 0.693. The molecule has 2 rings (SSSR count). The van der Waals surface area contributed by atoms with Gasteiger partial charge in [0.25, 0.3) is 0 Å². The smallest absolute Gasteiger partial charge is 0.0374 e. The van der Waals surface area contributed by atoms with Gasteiger partial charge in [-0.25, -0.2) is 0 Å². The molecule has 0 spiro atoms. The molecule has 1 aliphatic carbocycles. The predicted octanol–water partition coefficient (Wildman–Crippen LogP) is 4.24. The second kappa shape index (κ2) is 5.38. The summed E-state index contributed by atoms with van der Waals surface area (Å²) in [5, 5.41) is 3.74. The third-order valence-electron chi connectivity index (χ3n) is 3.51. The minimum absolute atomic E-state index is 0.693. The number of hydrogen-bond acceptors (Lipinski definition) is 1. The Labute approximate surface area is 99.3 Å². The van der Waals surface area contributed by atoms with Crippen molar-refractivity contribution in [3.8, 4) is 0 Å². The van der Waals surface area contributed by atoms with Crippen molar-refractivity contribution < 1.29 is 0 Å². The molecular weight excluding hydrogens is 194 g/mol. The third kappa shape index (κ3) is 2.78. The molecule has 1 unspecified atom stereocenters. The molecule has 1 atom stereocenters. The fraction of sp³-hybridized carbons (Fsp3) is 0.600. The monoisotopic (exact) mass is 217 g/mol. The van der Waals surface area contributed by atoms with Gasteiger partial charge < -0.3 is 5.32 Å². The number of rotatable bonds is 6. The van der Waals surface area contributed by atoms with Gasteiger partial charge in [-0.3, -0.25) is 0 Å². The van der Waals surface area contributed by atoms with Crippen molar-refractivity contribution in [2.45, 2.75) is 52.0 Å². The van der Waals surface area contributed by atoms with E-state index in [9.17, 15) is 0 Å². The quantitative estimate of drug-likeness (QED) is 0.751. The van der Waals surface area contributed by atoms with Crippen molar-refractivity contribution in [3.05, 3.63) is 29.8 Å². The summed E-state index contributed by atoms with van der Waals surface area (Å²) in [4.78, 5) is 0. The highest BCUT2D eigenvalue weighted by Crippen LogP contribution is 2.36. The van der Waals surface area contributed by atoms with E-state index in [0.29, 0.717) is 6.04 Å². The SMILES string of the molecule is CCCc1ccccc1NC(CC)C1CC1. The fourth-order valence-electron chi connectivity index (χ4n) is 2.40. The molecule has 0 aliphatic heterocycles. The van der Waals surface area contributed by atoms with Gasteiger partial charge in [0.1, 0.15) is 0 Å². The van der Waals surface area contributed by atoms with Crippen LogP contribution in [0, 0.1) is 5.92 Å². The van der Waals surface area contributed by atoms with Crippen LogP contribution in [0.3, 0.4) is 0 Å². The molecular formula is C15H23N. The summed E-state index contributed by atoms with van der Waals surface area (Å²) >= 11 is 0. The molecule has 1 saturated carbocycles. The van der Waals surface area contributed by atoms with Gasteiger partial charge in [-0.1, -0.05) is 38.5 Å². The molecule has 1 heteroatoms. The Bertz CT molecular complexity index is 328. The largest absolute Gasteiger partial charge is 0.382 e. The Hall–Kier alpha value is -0.980. The van der Waals surface area contributed by atoms with E-state index < -0.39 is 0 Å². The van der Waals surface area contributed by atoms with E-state index in [4.69, 9.17) is 0 Å². The third-order valence-corrected chi connectivity index (χ3v) is 3.51. The van der Waals surface area contributed by atoms with Gasteiger partial charge in [0.2, 0.25) is 0 Å². The highest BCUT2D eigenvalue weighted by molar-refractivity contribution is 5.52. The molecule has 0 amide bonds. The first kappa shape index (κ1) is 11.5. The number of hydrogen-bond donors (Lipinski definition) is 1. The van der Waals surface area contributed by atoms with Crippen molar-refractivity contribution in [2.24, 2.45) is 5.92 Å². The molecule has 1 aromatic rings. The summed E-state index contributed by atoms with van der Waals surface area (Å²) in [6.45, 7) is 4.54. The molecule has 1 N–H and O–H groups in total. The molecule has 16 heavy (non-hydrogen) atoms. The van der Waals surface area contributed by atoms with Crippen LogP contribution in [0.5, 0.6) is 0 Å². The normalized spacial score (nSPS) is 17.1. The predicted molar refractivity (Wildman–Crippen MR) is 70.9 cm³/mol. The molecule has 1 fully saturated rings. The highest BCUT2D eigenvalue weighted by Gasteiger charge is 2.29. The van der Waals surface area contributed by atoms with Crippen LogP contribution in [0.25, 0.3) is 0 Å². The fourth-order valence-corrected chi connectivity index (χ4v) is 2.40. The Kier molecular flexibility index (Phi) is 3.87. The van der Waals surface area contributed by atoms with Gasteiger partial charge in [-0.15, -0.1) is 0 Å². The average Bonchev–Trinajstić information content (AvgIpc) is 3.12. The average molecular weight is 217 g/mol. The Balaban J connectivity index is 2.06. The lowest BCUT2D eigenvalue weighted by molar-refractivity contribution is 0.615. The minimum Gasteiger partial charge on any atom is -0.382 e. The van der Waals surface area contributed by atoms with Gasteiger partial charge in [-0.05, 0) is 43.2 Å². The summed E-state index contributed by atoms with van der Waals surface area (Å²) in [5.41, 5.74) is 2.84. The van der Waals surface area contributed by atoms with Gasteiger partial charge >= 0.3 is 0 Å². The number of nitrogens with one attached hydrogen (secondary N) is 1. The summed E-state index contributed by atoms with van der Waals surface area (Å²) in [6.07, 6.45) is 6.48. The van der Waals surface area contributed by atoms with Crippen LogP contribution < -0.4 is 5.32 Å². The van der Waals surface area contributed by atoms with E-state index in [1.165, 1.54) is 43.4 Å². The highest BCUT2D eigenvalue weighted by atomic mass is 14.9. The Morgan fingerprint density at radius 3 is 2.62 bits per heavy atom. The van der Waals surface area contributed by atoms with E-state index in [0.717, 1.165) is 5.92 Å². The van der Waals surface area contributed by atoms with Gasteiger partial charge in [0.15, 0.2) is 0 Å². The van der Waals surface area contributed by atoms with Crippen molar-refractivity contribution >= 4 is 5.69 Å². The van der Waals surface area contributed by atoms with Gasteiger partial charge in [0.05, 0.1) is 0 Å². The van der Waals surface area contributed by atoms with Crippen LogP contribution in [-0.2, 0) is 6.42 Å². The molecule has 0 heterocycles. The van der Waals surface area contributed by atoms with Crippen LogP contribution in [0.1, 0.15) is 45.1 Å². The summed E-state index contributed by atoms with van der Waals surface area (Å²) < 4.78 is 0. The van der Waals surface area contributed by atoms with E-state index in [1.54, 1.807) is 0 Å². The number of benzene rings is 1. The Morgan fingerprint density at radius 2 is 2.00 bits per heavy atom. The number of para-hydroxylation sites is 1. The first-order chi connectivity index (χ1) is 7.85. The molecule has 1 nitrogen and oxygen atoms in total. The van der Waals surface area contributed by atoms with Crippen molar-refractivity contribution in [1.82, 2.24) is 0 Å². The lowest BCUT2D eigenvalue weighted by Gasteiger charge is -2.20. The molecule has 88 valence electrons. The summed E-state index contributed by atoms with van der Waals surface area (Å²) in [5.74, 6) is 0.930. The molecule has 1 aliphatic rings. The van der Waals surface area contributed by atoms with E-state index >= 15 is 0 Å². The molecule has 0 saturated heterocycles. The number of aryl methyl sites for hydroxylation is 1. The van der Waals surface area contributed by atoms with Crippen LogP contribution in [-0.4, -0.2) is 6.04 Å². The van der Waals surface area contributed by atoms with Crippen LogP contribution >= 0.6 is 0 Å². The Morgan fingerprint density at radius 1 is 1.25 bits per heavy atom. The molecule has 0 aromatic heterocycles. The van der Waals surface area contributed by atoms with Crippen molar-refractivity contribution in [2.75, 3.05) is 5.32 Å². The lowest BCUT2D eigenvalue weighted by Crippen LogP contribution is -2.21. The first-order valence-corrected chi connectivity index (χ1v) is 6.69. The molecule has 1 aromatic carbocycles. The maximum absolute atomic E-state index is 3.74. The molecule has 0 bridgehead atoms. The van der Waals surface area contributed by atoms with E-state index in [1.807, 2.05) is 0 Å². The topological polar surface area (TPSA) is 12.0 Å². The molecule has 0 radical (unpaired) electrons. The second-order valence-corrected chi connectivity index (χ2v) is 4.90. The van der Waals surface area contributed by atoms with Crippen LogP contribution in [0.4, 0.5) is 5.69 Å². The van der Waals surface area contributed by atoms with E-state index in [2.05, 4.69) is 43.4 Å². The van der Waals surface area contributed by atoms with Crippen molar-refractivity contribution in [3.63, 3.8) is 0 Å². The lowest BCUT2D eigenvalue weighted by atomic mass is 10.1.